The molecule has 1 amide bonds. The number of hydrogen-bond acceptors (Lipinski definition) is 6. The third kappa shape index (κ3) is 5.31. The summed E-state index contributed by atoms with van der Waals surface area (Å²) in [6.07, 6.45) is 0. The minimum absolute atomic E-state index is 0.0375. The Balaban J connectivity index is 1.54. The molecular weight excluding hydrogens is 454 g/mol. The van der Waals surface area contributed by atoms with Gasteiger partial charge in [-0.3, -0.25) is 9.69 Å². The van der Waals surface area contributed by atoms with Gasteiger partial charge in [0.2, 0.25) is 10.0 Å². The second-order valence-corrected chi connectivity index (χ2v) is 10.0. The van der Waals surface area contributed by atoms with Crippen LogP contribution in [0.5, 0.6) is 0 Å². The minimum atomic E-state index is -3.74. The maximum atomic E-state index is 13.1. The minimum Gasteiger partial charge on any atom is -0.379 e. The van der Waals surface area contributed by atoms with Crippen LogP contribution in [0.4, 0.5) is 5.69 Å². The van der Waals surface area contributed by atoms with Crippen LogP contribution < -0.4 is 5.32 Å². The van der Waals surface area contributed by atoms with E-state index in [1.165, 1.54) is 22.5 Å². The SMILES string of the molecule is O=C(Nc1ccccc1CN1CCOCC1)c1cc(S(=O)(=O)N2CCOCC2)ccc1Cl. The smallest absolute Gasteiger partial charge is 0.257 e. The quantitative estimate of drug-likeness (QED) is 0.684. The number of hydrogen-bond donors (Lipinski definition) is 1. The van der Waals surface area contributed by atoms with Crippen molar-refractivity contribution >= 4 is 33.2 Å². The largest absolute Gasteiger partial charge is 0.379 e. The van der Waals surface area contributed by atoms with Crippen LogP contribution in [0.3, 0.4) is 0 Å². The highest BCUT2D eigenvalue weighted by molar-refractivity contribution is 7.89. The van der Waals surface area contributed by atoms with Crippen LogP contribution in [0.2, 0.25) is 5.02 Å². The number of benzene rings is 2. The van der Waals surface area contributed by atoms with Gasteiger partial charge in [-0.15, -0.1) is 0 Å². The molecule has 172 valence electrons. The molecule has 0 aliphatic carbocycles. The van der Waals surface area contributed by atoms with Crippen LogP contribution in [0.1, 0.15) is 15.9 Å². The number of amides is 1. The number of ether oxygens (including phenoxy) is 2. The number of morpholine rings is 2. The van der Waals surface area contributed by atoms with Crippen LogP contribution in [-0.2, 0) is 26.0 Å². The summed E-state index contributed by atoms with van der Waals surface area (Å²) in [5.41, 5.74) is 1.75. The molecule has 0 unspecified atom stereocenters. The molecular formula is C22H26ClN3O5S. The lowest BCUT2D eigenvalue weighted by Crippen LogP contribution is -2.40. The van der Waals surface area contributed by atoms with Crippen molar-refractivity contribution in [2.24, 2.45) is 0 Å². The summed E-state index contributed by atoms with van der Waals surface area (Å²) in [5.74, 6) is -0.455. The van der Waals surface area contributed by atoms with Crippen LogP contribution >= 0.6 is 11.6 Å². The predicted octanol–water partition coefficient (Wildman–Crippen LogP) is 2.45. The molecule has 0 bridgehead atoms. The third-order valence-corrected chi connectivity index (χ3v) is 7.78. The summed E-state index contributed by atoms with van der Waals surface area (Å²) in [6, 6.07) is 11.8. The second-order valence-electron chi connectivity index (χ2n) is 7.66. The Hall–Kier alpha value is -2.01. The monoisotopic (exact) mass is 479 g/mol. The lowest BCUT2D eigenvalue weighted by Gasteiger charge is -2.27. The zero-order valence-corrected chi connectivity index (χ0v) is 19.2. The van der Waals surface area contributed by atoms with Crippen molar-refractivity contribution in [3.8, 4) is 0 Å². The lowest BCUT2D eigenvalue weighted by atomic mass is 10.1. The second kappa shape index (κ2) is 10.3. The summed E-state index contributed by atoms with van der Waals surface area (Å²) in [5, 5.41) is 3.09. The van der Waals surface area contributed by atoms with E-state index in [0.29, 0.717) is 38.7 Å². The molecule has 2 aromatic carbocycles. The van der Waals surface area contributed by atoms with E-state index in [1.54, 1.807) is 0 Å². The first kappa shape index (κ1) is 23.2. The van der Waals surface area contributed by atoms with Gasteiger partial charge in [-0.1, -0.05) is 29.8 Å². The van der Waals surface area contributed by atoms with Crippen molar-refractivity contribution in [2.45, 2.75) is 11.4 Å². The molecule has 0 radical (unpaired) electrons. The van der Waals surface area contributed by atoms with Gasteiger partial charge in [-0.2, -0.15) is 4.31 Å². The predicted molar refractivity (Wildman–Crippen MR) is 122 cm³/mol. The first-order valence-corrected chi connectivity index (χ1v) is 12.3. The Bertz CT molecular complexity index is 1070. The Labute approximate surface area is 193 Å². The molecule has 0 atom stereocenters. The number of nitrogens with zero attached hydrogens (tertiary/aromatic N) is 2. The molecule has 2 aromatic rings. The molecule has 1 N–H and O–H groups in total. The number of carbonyl (C=O) groups is 1. The molecule has 10 heteroatoms. The number of anilines is 1. The molecule has 0 spiro atoms. The maximum absolute atomic E-state index is 13.1. The lowest BCUT2D eigenvalue weighted by molar-refractivity contribution is 0.0342. The molecule has 2 fully saturated rings. The molecule has 0 saturated carbocycles. The van der Waals surface area contributed by atoms with Crippen LogP contribution in [0, 0.1) is 0 Å². The standard InChI is InChI=1S/C22H26ClN3O5S/c23-20-6-5-18(32(28,29)26-9-13-31-14-10-26)15-19(20)22(27)24-21-4-2-1-3-17(21)16-25-7-11-30-12-8-25/h1-6,15H,7-14,16H2,(H,24,27). The van der Waals surface area contributed by atoms with E-state index in [0.717, 1.165) is 18.7 Å². The van der Waals surface area contributed by atoms with Crippen molar-refractivity contribution in [2.75, 3.05) is 57.9 Å². The number of rotatable bonds is 6. The fourth-order valence-electron chi connectivity index (χ4n) is 3.74. The van der Waals surface area contributed by atoms with Crippen molar-refractivity contribution in [3.05, 3.63) is 58.6 Å². The fraction of sp³-hybridized carbons (Fsp3) is 0.409. The van der Waals surface area contributed by atoms with Gasteiger partial charge in [-0.25, -0.2) is 8.42 Å². The highest BCUT2D eigenvalue weighted by Gasteiger charge is 2.28. The molecule has 4 rings (SSSR count). The third-order valence-electron chi connectivity index (χ3n) is 5.55. The van der Waals surface area contributed by atoms with Gasteiger partial charge in [0.15, 0.2) is 0 Å². The fourth-order valence-corrected chi connectivity index (χ4v) is 5.38. The molecule has 2 heterocycles. The van der Waals surface area contributed by atoms with Crippen LogP contribution in [0.25, 0.3) is 0 Å². The number of nitrogens with one attached hydrogen (secondary N) is 1. The highest BCUT2D eigenvalue weighted by Crippen LogP contribution is 2.26. The molecule has 2 saturated heterocycles. The van der Waals surface area contributed by atoms with Crippen LogP contribution in [-0.4, -0.2) is 76.1 Å². The van der Waals surface area contributed by atoms with Gasteiger partial charge in [0, 0.05) is 38.4 Å². The van der Waals surface area contributed by atoms with Crippen LogP contribution in [0.15, 0.2) is 47.4 Å². The van der Waals surface area contributed by atoms with Crippen molar-refractivity contribution < 1.29 is 22.7 Å². The zero-order chi connectivity index (χ0) is 22.6. The summed E-state index contributed by atoms with van der Waals surface area (Å²) in [7, 11) is -3.74. The van der Waals surface area contributed by atoms with Gasteiger partial charge in [-0.05, 0) is 29.8 Å². The zero-order valence-electron chi connectivity index (χ0n) is 17.6. The van der Waals surface area contributed by atoms with Crippen molar-refractivity contribution in [1.29, 1.82) is 0 Å². The van der Waals surface area contributed by atoms with Gasteiger partial charge in [0.1, 0.15) is 0 Å². The number of para-hydroxylation sites is 1. The average Bonchev–Trinajstić information content (AvgIpc) is 2.81. The van der Waals surface area contributed by atoms with E-state index >= 15 is 0 Å². The van der Waals surface area contributed by atoms with E-state index in [-0.39, 0.29) is 28.6 Å². The van der Waals surface area contributed by atoms with Gasteiger partial charge >= 0.3 is 0 Å². The Morgan fingerprint density at radius 1 is 0.969 bits per heavy atom. The van der Waals surface area contributed by atoms with Gasteiger partial charge in [0.05, 0.1) is 41.9 Å². The molecule has 0 aromatic heterocycles. The molecule has 2 aliphatic rings. The molecule has 32 heavy (non-hydrogen) atoms. The Morgan fingerprint density at radius 2 is 1.62 bits per heavy atom. The van der Waals surface area contributed by atoms with E-state index in [4.69, 9.17) is 21.1 Å². The first-order valence-electron chi connectivity index (χ1n) is 10.5. The summed E-state index contributed by atoms with van der Waals surface area (Å²) in [4.78, 5) is 15.4. The number of sulfonamides is 1. The summed E-state index contributed by atoms with van der Waals surface area (Å²) in [6.45, 7) is 4.97. The molecule has 2 aliphatic heterocycles. The van der Waals surface area contributed by atoms with Gasteiger partial charge in [0.25, 0.3) is 5.91 Å². The Morgan fingerprint density at radius 3 is 2.34 bits per heavy atom. The first-order chi connectivity index (χ1) is 15.4. The van der Waals surface area contributed by atoms with Crippen molar-refractivity contribution in [3.63, 3.8) is 0 Å². The van der Waals surface area contributed by atoms with E-state index < -0.39 is 15.9 Å². The summed E-state index contributed by atoms with van der Waals surface area (Å²) < 4.78 is 38.0. The molecule has 8 nitrogen and oxygen atoms in total. The maximum Gasteiger partial charge on any atom is 0.257 e. The highest BCUT2D eigenvalue weighted by atomic mass is 35.5. The Kier molecular flexibility index (Phi) is 7.44. The van der Waals surface area contributed by atoms with Crippen molar-refractivity contribution in [1.82, 2.24) is 9.21 Å². The van der Waals surface area contributed by atoms with E-state index in [9.17, 15) is 13.2 Å². The normalized spacial score (nSPS) is 18.4. The van der Waals surface area contributed by atoms with Gasteiger partial charge < -0.3 is 14.8 Å². The van der Waals surface area contributed by atoms with E-state index in [2.05, 4.69) is 10.2 Å². The van der Waals surface area contributed by atoms with E-state index in [1.807, 2.05) is 24.3 Å². The topological polar surface area (TPSA) is 88.2 Å². The number of halogens is 1. The average molecular weight is 480 g/mol. The number of carbonyl (C=O) groups excluding carboxylic acids is 1. The summed E-state index contributed by atoms with van der Waals surface area (Å²) >= 11 is 6.28.